The van der Waals surface area contributed by atoms with Crippen molar-refractivity contribution in [1.29, 1.82) is 0 Å². The van der Waals surface area contributed by atoms with Gasteiger partial charge in [-0.05, 0) is 60.7 Å². The van der Waals surface area contributed by atoms with Gasteiger partial charge in [-0.15, -0.1) is 45.3 Å². The lowest BCUT2D eigenvalue weighted by Crippen LogP contribution is -1.83. The van der Waals surface area contributed by atoms with Crippen molar-refractivity contribution in [3.63, 3.8) is 0 Å². The van der Waals surface area contributed by atoms with E-state index in [4.69, 9.17) is 0 Å². The van der Waals surface area contributed by atoms with E-state index in [2.05, 4.69) is 85.1 Å². The van der Waals surface area contributed by atoms with Crippen LogP contribution in [0.15, 0.2) is 48.5 Å². The molecule has 0 nitrogen and oxygen atoms in total. The molecule has 4 heteroatoms. The predicted octanol–water partition coefficient (Wildman–Crippen LogP) is 16.2. The number of hydrogen-bond donors (Lipinski definition) is 0. The van der Waals surface area contributed by atoms with Crippen LogP contribution >= 0.6 is 45.3 Å². The summed E-state index contributed by atoms with van der Waals surface area (Å²) in [4.78, 5) is 3.14. The van der Waals surface area contributed by atoms with Crippen LogP contribution in [0, 0.1) is 0 Å². The summed E-state index contributed by atoms with van der Waals surface area (Å²) < 4.78 is 8.88. The minimum absolute atomic E-state index is 1.24. The van der Waals surface area contributed by atoms with Gasteiger partial charge in [-0.1, -0.05) is 128 Å². The van der Waals surface area contributed by atoms with Gasteiger partial charge in [0.2, 0.25) is 0 Å². The first-order valence-electron chi connectivity index (χ1n) is 18.4. The van der Waals surface area contributed by atoms with Gasteiger partial charge in [0.05, 0.1) is 18.8 Å². The Morgan fingerprint density at radius 3 is 1.17 bits per heavy atom. The summed E-state index contributed by atoms with van der Waals surface area (Å²) in [5.74, 6) is 0. The van der Waals surface area contributed by atoms with E-state index in [0.29, 0.717) is 0 Å². The molecule has 0 aliphatic rings. The summed E-state index contributed by atoms with van der Waals surface area (Å²) in [5, 5.41) is 8.65. The Balaban J connectivity index is 1.07. The summed E-state index contributed by atoms with van der Waals surface area (Å²) in [6.45, 7) is 4.60. The molecule has 0 amide bonds. The van der Waals surface area contributed by atoms with Crippen LogP contribution in [0.4, 0.5) is 0 Å². The van der Waals surface area contributed by atoms with Crippen LogP contribution < -0.4 is 0 Å². The fourth-order valence-corrected chi connectivity index (χ4v) is 12.5. The molecule has 0 saturated carbocycles. The van der Waals surface area contributed by atoms with Gasteiger partial charge >= 0.3 is 0 Å². The van der Waals surface area contributed by atoms with Crippen LogP contribution in [0.1, 0.15) is 126 Å². The molecule has 0 bridgehead atoms. The van der Waals surface area contributed by atoms with Gasteiger partial charge in [0.15, 0.2) is 0 Å². The number of benzene rings is 3. The molecule has 0 spiro atoms. The van der Waals surface area contributed by atoms with E-state index in [1.165, 1.54) is 176 Å². The average molecular weight is 683 g/mol. The summed E-state index contributed by atoms with van der Waals surface area (Å²) >= 11 is 8.14. The molecular weight excluding hydrogens is 633 g/mol. The first kappa shape index (κ1) is 32.6. The number of unbranched alkanes of at least 4 members (excludes halogenated alkanes) is 14. The maximum absolute atomic E-state index is 2.51. The zero-order chi connectivity index (χ0) is 31.3. The predicted molar refractivity (Wildman–Crippen MR) is 216 cm³/mol. The second kappa shape index (κ2) is 15.5. The molecule has 0 N–H and O–H groups in total. The molecule has 7 aromatic rings. The highest BCUT2D eigenvalue weighted by Crippen LogP contribution is 2.47. The van der Waals surface area contributed by atoms with Crippen molar-refractivity contribution in [2.45, 2.75) is 129 Å². The minimum atomic E-state index is 1.24. The van der Waals surface area contributed by atoms with Crippen molar-refractivity contribution in [3.8, 4) is 0 Å². The summed E-state index contributed by atoms with van der Waals surface area (Å²) in [6.07, 6.45) is 24.7. The monoisotopic (exact) mass is 682 g/mol. The lowest BCUT2D eigenvalue weighted by molar-refractivity contribution is 0.576. The van der Waals surface area contributed by atoms with Crippen molar-refractivity contribution in [2.75, 3.05) is 0 Å². The van der Waals surface area contributed by atoms with Gasteiger partial charge in [0, 0.05) is 40.7 Å². The quantitative estimate of drug-likeness (QED) is 0.0790. The summed E-state index contributed by atoms with van der Waals surface area (Å²) in [5.41, 5.74) is 0. The zero-order valence-electron chi connectivity index (χ0n) is 28.0. The molecule has 0 saturated heterocycles. The van der Waals surface area contributed by atoms with E-state index in [0.717, 1.165) is 0 Å². The molecule has 4 heterocycles. The van der Waals surface area contributed by atoms with E-state index in [-0.39, 0.29) is 0 Å². The molecule has 0 aliphatic heterocycles. The average Bonchev–Trinajstić information content (AvgIpc) is 3.84. The van der Waals surface area contributed by atoms with Gasteiger partial charge in [-0.25, -0.2) is 0 Å². The molecule has 0 atom stereocenters. The van der Waals surface area contributed by atoms with Gasteiger partial charge in [0.25, 0.3) is 0 Å². The first-order valence-corrected chi connectivity index (χ1v) is 21.7. The Kier molecular flexibility index (Phi) is 11.0. The molecule has 3 aromatic carbocycles. The normalized spacial score (nSPS) is 12.4. The number of fused-ring (bicyclic) bond motifs is 10. The SMILES string of the molecule is CCCCCCCCCCc1cc2ccc3c4cc5sc6c(ccc7cc(CCCCCCCCCC)sc76)c5cc4sc3c2s1. The maximum Gasteiger partial charge on any atom is 0.0533 e. The Morgan fingerprint density at radius 1 is 0.370 bits per heavy atom. The summed E-state index contributed by atoms with van der Waals surface area (Å²) in [7, 11) is 0. The number of hydrogen-bond acceptors (Lipinski definition) is 4. The van der Waals surface area contributed by atoms with Crippen molar-refractivity contribution in [2.24, 2.45) is 0 Å². The van der Waals surface area contributed by atoms with E-state index >= 15 is 0 Å². The molecule has 46 heavy (non-hydrogen) atoms. The third-order valence-corrected chi connectivity index (χ3v) is 15.1. The fourth-order valence-electron chi connectivity index (χ4n) is 7.37. The van der Waals surface area contributed by atoms with Gasteiger partial charge in [0.1, 0.15) is 0 Å². The van der Waals surface area contributed by atoms with Crippen LogP contribution in [0.2, 0.25) is 0 Å². The minimum Gasteiger partial charge on any atom is -0.139 e. The van der Waals surface area contributed by atoms with Crippen LogP contribution in [-0.2, 0) is 12.8 Å². The van der Waals surface area contributed by atoms with Crippen LogP contribution in [0.5, 0.6) is 0 Å². The van der Waals surface area contributed by atoms with Gasteiger partial charge < -0.3 is 0 Å². The lowest BCUT2D eigenvalue weighted by atomic mass is 10.1. The third-order valence-electron chi connectivity index (χ3n) is 10.0. The maximum atomic E-state index is 2.51. The Bertz CT molecular complexity index is 1900. The highest BCUT2D eigenvalue weighted by atomic mass is 32.1. The van der Waals surface area contributed by atoms with E-state index in [9.17, 15) is 0 Å². The molecule has 0 unspecified atom stereocenters. The van der Waals surface area contributed by atoms with Crippen molar-refractivity contribution in [3.05, 3.63) is 58.3 Å². The van der Waals surface area contributed by atoms with E-state index in [1.807, 2.05) is 22.7 Å². The molecule has 0 fully saturated rings. The van der Waals surface area contributed by atoms with Crippen molar-refractivity contribution < 1.29 is 0 Å². The lowest BCUT2D eigenvalue weighted by Gasteiger charge is -2.00. The van der Waals surface area contributed by atoms with Gasteiger partial charge in [-0.2, -0.15) is 0 Å². The van der Waals surface area contributed by atoms with Crippen molar-refractivity contribution >= 4 is 106 Å². The highest BCUT2D eigenvalue weighted by Gasteiger charge is 2.16. The summed E-state index contributed by atoms with van der Waals surface area (Å²) in [6, 6.07) is 19.5. The second-order valence-electron chi connectivity index (χ2n) is 13.6. The Morgan fingerprint density at radius 2 is 0.761 bits per heavy atom. The number of rotatable bonds is 18. The van der Waals surface area contributed by atoms with Crippen molar-refractivity contribution in [1.82, 2.24) is 0 Å². The largest absolute Gasteiger partial charge is 0.139 e. The van der Waals surface area contributed by atoms with Crippen LogP contribution in [-0.4, -0.2) is 0 Å². The second-order valence-corrected chi connectivity index (χ2v) is 18.0. The van der Waals surface area contributed by atoms with E-state index < -0.39 is 0 Å². The first-order chi connectivity index (χ1) is 22.7. The number of aryl methyl sites for hydroxylation is 2. The Labute approximate surface area is 291 Å². The third kappa shape index (κ3) is 7.07. The fraction of sp³-hybridized carbons (Fsp3) is 0.476. The molecule has 0 radical (unpaired) electrons. The molecule has 4 aromatic heterocycles. The topological polar surface area (TPSA) is 0 Å². The Hall–Kier alpha value is -1.98. The smallest absolute Gasteiger partial charge is 0.0533 e. The number of thiophene rings is 4. The molecular formula is C42H50S4. The molecule has 242 valence electrons. The highest BCUT2D eigenvalue weighted by molar-refractivity contribution is 7.32. The van der Waals surface area contributed by atoms with E-state index in [1.54, 1.807) is 9.75 Å². The van der Waals surface area contributed by atoms with Gasteiger partial charge in [-0.3, -0.25) is 0 Å². The van der Waals surface area contributed by atoms with Crippen LogP contribution in [0.25, 0.3) is 60.5 Å². The zero-order valence-corrected chi connectivity index (χ0v) is 31.2. The molecule has 0 aliphatic carbocycles. The standard InChI is InChI=1S/C42H50S4/c1-3-5-7-9-11-13-15-17-19-31-25-29-21-23-33-35-27-38-36(28-37(35)45-41(33)39(29)43-31)34-24-22-30-26-32(44-40(30)42(34)46-38)20-18-16-14-12-10-8-6-4-2/h21-28H,3-20H2,1-2H3. The molecule has 7 rings (SSSR count). The van der Waals surface area contributed by atoms with Crippen LogP contribution in [0.3, 0.4) is 0 Å².